The molecule has 0 unspecified atom stereocenters. The van der Waals surface area contributed by atoms with Crippen LogP contribution >= 0.6 is 11.6 Å². The first-order valence-electron chi connectivity index (χ1n) is 8.10. The third-order valence-corrected chi connectivity index (χ3v) is 5.28. The second kappa shape index (κ2) is 9.73. The number of anilines is 1. The Morgan fingerprint density at radius 1 is 1.40 bits per heavy atom. The predicted molar refractivity (Wildman–Crippen MR) is 113 cm³/mol. The molecule has 0 aliphatic heterocycles. The molecule has 156 valence electrons. The summed E-state index contributed by atoms with van der Waals surface area (Å²) in [6.07, 6.45) is 2.14. The maximum atomic E-state index is 12.6. The number of methoxy groups -OCH3 is 1. The fourth-order valence-corrected chi connectivity index (χ4v) is 3.41. The molecule has 10 nitrogen and oxygen atoms in total. The number of aromatic nitrogens is 1. The highest BCUT2D eigenvalue weighted by Crippen LogP contribution is 2.32. The quantitative estimate of drug-likeness (QED) is 0.226. The Labute approximate surface area is 177 Å². The van der Waals surface area contributed by atoms with Crippen molar-refractivity contribution in [2.45, 2.75) is 4.90 Å². The van der Waals surface area contributed by atoms with Gasteiger partial charge >= 0.3 is 5.69 Å². The van der Waals surface area contributed by atoms with Gasteiger partial charge in [0.1, 0.15) is 16.8 Å². The molecule has 0 fully saturated rings. The van der Waals surface area contributed by atoms with Gasteiger partial charge in [0.25, 0.3) is 10.0 Å². The van der Waals surface area contributed by atoms with Crippen LogP contribution in [0.2, 0.25) is 5.02 Å². The molecule has 12 heteroatoms. The Balaban J connectivity index is 2.65. The monoisotopic (exact) mass is 449 g/mol. The number of nitrogens with zero attached hydrogens (tertiary/aromatic N) is 3. The third kappa shape index (κ3) is 5.25. The van der Waals surface area contributed by atoms with Gasteiger partial charge in [-0.15, -0.1) is 0 Å². The molecule has 0 saturated heterocycles. The van der Waals surface area contributed by atoms with Gasteiger partial charge in [-0.25, -0.2) is 13.4 Å². The van der Waals surface area contributed by atoms with Crippen LogP contribution in [0, 0.1) is 22.0 Å². The third-order valence-electron chi connectivity index (χ3n) is 3.54. The maximum Gasteiger partial charge on any atom is 0.307 e. The number of benzene rings is 1. The van der Waals surface area contributed by atoms with Crippen LogP contribution in [0.15, 0.2) is 57.9 Å². The van der Waals surface area contributed by atoms with Gasteiger partial charge in [-0.1, -0.05) is 41.6 Å². The van der Waals surface area contributed by atoms with Gasteiger partial charge in [-0.2, -0.15) is 0 Å². The number of hydrogen-bond acceptors (Lipinski definition) is 8. The van der Waals surface area contributed by atoms with Gasteiger partial charge in [-0.3, -0.25) is 19.8 Å². The lowest BCUT2D eigenvalue weighted by Gasteiger charge is -2.10. The average molecular weight is 450 g/mol. The summed E-state index contributed by atoms with van der Waals surface area (Å²) in [7, 11) is -1.25. The van der Waals surface area contributed by atoms with Gasteiger partial charge in [0.15, 0.2) is 5.82 Å². The number of hydrogen-bond donors (Lipinski definition) is 2. The van der Waals surface area contributed by atoms with E-state index in [4.69, 9.17) is 22.1 Å². The zero-order chi connectivity index (χ0) is 22.3. The number of halogens is 1. The van der Waals surface area contributed by atoms with Gasteiger partial charge in [-0.05, 0) is 12.1 Å². The van der Waals surface area contributed by atoms with Crippen LogP contribution in [0.5, 0.6) is 0 Å². The van der Waals surface area contributed by atoms with Crippen LogP contribution in [0.25, 0.3) is 0 Å². The van der Waals surface area contributed by atoms with Crippen LogP contribution < -0.4 is 10.5 Å². The molecule has 2 rings (SSSR count). The smallest absolute Gasteiger partial charge is 0.307 e. The van der Waals surface area contributed by atoms with Crippen molar-refractivity contribution in [3.05, 3.63) is 68.7 Å². The second-order valence-corrected chi connectivity index (χ2v) is 7.54. The number of nitro groups is 1. The Kier molecular flexibility index (Phi) is 7.35. The molecule has 0 amide bonds. The second-order valence-electron chi connectivity index (χ2n) is 5.48. The summed E-state index contributed by atoms with van der Waals surface area (Å²) in [5, 5.41) is 10.8. The largest absolute Gasteiger partial charge is 0.482 e. The van der Waals surface area contributed by atoms with Gasteiger partial charge in [0.2, 0.25) is 5.88 Å². The van der Waals surface area contributed by atoms with Crippen molar-refractivity contribution >= 4 is 39.3 Å². The minimum atomic E-state index is -4.05. The molecule has 0 saturated carbocycles. The summed E-state index contributed by atoms with van der Waals surface area (Å²) in [6.45, 7) is 0. The van der Waals surface area contributed by atoms with Crippen molar-refractivity contribution in [1.29, 1.82) is 0 Å². The van der Waals surface area contributed by atoms with E-state index in [1.54, 1.807) is 18.2 Å². The van der Waals surface area contributed by atoms with Crippen LogP contribution in [0.4, 0.5) is 11.5 Å². The lowest BCUT2D eigenvalue weighted by atomic mass is 10.2. The molecule has 0 spiro atoms. The number of rotatable bonds is 6. The van der Waals surface area contributed by atoms with E-state index in [1.807, 2.05) is 0 Å². The fourth-order valence-electron chi connectivity index (χ4n) is 2.11. The van der Waals surface area contributed by atoms with Gasteiger partial charge < -0.3 is 10.5 Å². The number of sulfonamides is 1. The number of nitrogens with one attached hydrogen (secondary N) is 1. The molecule has 0 bridgehead atoms. The molecule has 0 radical (unpaired) electrons. The normalized spacial score (nSPS) is 12.0. The van der Waals surface area contributed by atoms with Crippen LogP contribution in [0.3, 0.4) is 0 Å². The summed E-state index contributed by atoms with van der Waals surface area (Å²) >= 11 is 6.13. The van der Waals surface area contributed by atoms with Crippen LogP contribution in [-0.2, 0) is 14.8 Å². The first-order chi connectivity index (χ1) is 14.2. The molecular weight excluding hydrogens is 434 g/mol. The number of ether oxygens (including phenoxy) is 1. The zero-order valence-electron chi connectivity index (χ0n) is 15.8. The van der Waals surface area contributed by atoms with Crippen molar-refractivity contribution < 1.29 is 18.1 Å². The Hall–Kier alpha value is -3.62. The minimum Gasteiger partial charge on any atom is -0.482 e. The zero-order valence-corrected chi connectivity index (χ0v) is 17.4. The Morgan fingerprint density at radius 3 is 2.63 bits per heavy atom. The minimum absolute atomic E-state index is 0.0393. The molecule has 0 aliphatic carbocycles. The van der Waals surface area contributed by atoms with Crippen LogP contribution in [0.1, 0.15) is 5.56 Å². The van der Waals surface area contributed by atoms with Crippen molar-refractivity contribution in [1.82, 2.24) is 4.98 Å². The van der Waals surface area contributed by atoms with E-state index in [-0.39, 0.29) is 27.7 Å². The standard InChI is InChI=1S/C18H16ClN5O5S/c1-21-10-12(17(20)29-2)8-9-14-16(19)15(24(25)26)11-22-18(14)23-30(27,28)13-6-4-3-5-7-13/h3-7,10-11H,20H2,1-2H3,(H,22,23)/b17-12+,21-10?. The molecule has 1 heterocycles. The molecule has 2 aromatic rings. The number of nitrogens with two attached hydrogens (primary N) is 1. The topological polar surface area (TPSA) is 150 Å². The molecule has 0 atom stereocenters. The molecule has 0 aliphatic rings. The molecular formula is C18H16ClN5O5S. The van der Waals surface area contributed by atoms with Gasteiger partial charge in [0.05, 0.1) is 22.5 Å². The summed E-state index contributed by atoms with van der Waals surface area (Å²) < 4.78 is 32.4. The lowest BCUT2D eigenvalue weighted by molar-refractivity contribution is -0.385. The molecule has 1 aromatic heterocycles. The highest BCUT2D eigenvalue weighted by Gasteiger charge is 2.23. The van der Waals surface area contributed by atoms with Crippen molar-refractivity contribution in [2.75, 3.05) is 18.9 Å². The fraction of sp³-hybridized carbons (Fsp3) is 0.111. The summed E-state index contributed by atoms with van der Waals surface area (Å²) in [4.78, 5) is 18.0. The first kappa shape index (κ1) is 22.7. The number of aliphatic imine (C=N–C) groups is 1. The SMILES string of the molecule is CN=C/C(C#Cc1c(NS(=O)(=O)c2ccccc2)ncc([N+](=O)[O-])c1Cl)=C(\N)OC. The van der Waals surface area contributed by atoms with Crippen LogP contribution in [-0.4, -0.2) is 38.7 Å². The highest BCUT2D eigenvalue weighted by molar-refractivity contribution is 7.92. The van der Waals surface area contributed by atoms with Gasteiger partial charge in [0, 0.05) is 13.3 Å². The summed E-state index contributed by atoms with van der Waals surface area (Å²) in [5.41, 5.74) is 5.09. The van der Waals surface area contributed by atoms with E-state index in [2.05, 4.69) is 26.5 Å². The van der Waals surface area contributed by atoms with E-state index < -0.39 is 25.7 Å². The molecule has 3 N–H and O–H groups in total. The Morgan fingerprint density at radius 2 is 2.07 bits per heavy atom. The number of pyridine rings is 1. The van der Waals surface area contributed by atoms with E-state index >= 15 is 0 Å². The molecule has 1 aromatic carbocycles. The number of allylic oxidation sites excluding steroid dienone is 1. The average Bonchev–Trinajstić information content (AvgIpc) is 2.72. The van der Waals surface area contributed by atoms with E-state index in [0.29, 0.717) is 0 Å². The van der Waals surface area contributed by atoms with Crippen molar-refractivity contribution in [3.8, 4) is 11.8 Å². The summed E-state index contributed by atoms with van der Waals surface area (Å²) in [6, 6.07) is 7.48. The lowest BCUT2D eigenvalue weighted by Crippen LogP contribution is -2.15. The summed E-state index contributed by atoms with van der Waals surface area (Å²) in [5.74, 6) is 4.83. The maximum absolute atomic E-state index is 12.6. The Bertz CT molecular complexity index is 1180. The van der Waals surface area contributed by atoms with E-state index in [1.165, 1.54) is 32.5 Å². The highest BCUT2D eigenvalue weighted by atomic mass is 35.5. The van der Waals surface area contributed by atoms with E-state index in [9.17, 15) is 18.5 Å². The van der Waals surface area contributed by atoms with Crippen molar-refractivity contribution in [3.63, 3.8) is 0 Å². The van der Waals surface area contributed by atoms with E-state index in [0.717, 1.165) is 6.20 Å². The molecule has 30 heavy (non-hydrogen) atoms. The predicted octanol–water partition coefficient (Wildman–Crippen LogP) is 2.31. The first-order valence-corrected chi connectivity index (χ1v) is 9.96. The van der Waals surface area contributed by atoms with Crippen molar-refractivity contribution in [2.24, 2.45) is 10.7 Å².